The molecule has 0 saturated heterocycles. The lowest BCUT2D eigenvalue weighted by Crippen LogP contribution is -2.23. The molecule has 3 nitrogen and oxygen atoms in total. The normalized spacial score (nSPS) is 12.4. The Kier molecular flexibility index (Phi) is 4.28. The number of hydrogen-bond acceptors (Lipinski definition) is 3. The van der Waals surface area contributed by atoms with Crippen molar-refractivity contribution in [1.82, 2.24) is 4.98 Å². The number of pyridine rings is 1. The van der Waals surface area contributed by atoms with Crippen molar-refractivity contribution < 1.29 is 35.9 Å². The topological polar surface area (TPSA) is 39.2 Å². The van der Waals surface area contributed by atoms with Crippen LogP contribution in [0, 0.1) is 0 Å². The summed E-state index contributed by atoms with van der Waals surface area (Å²) >= 11 is 5.24. The molecule has 1 heterocycles. The molecular weight excluding hydrogens is 304 g/mol. The van der Waals surface area contributed by atoms with E-state index in [9.17, 15) is 31.1 Å². The first-order chi connectivity index (χ1) is 8.60. The third kappa shape index (κ3) is 3.72. The third-order valence-corrected chi connectivity index (χ3v) is 2.18. The minimum atomic E-state index is -5.36. The van der Waals surface area contributed by atoms with E-state index in [1.807, 2.05) is 0 Å². The first-order valence-electron chi connectivity index (χ1n) is 4.46. The van der Waals surface area contributed by atoms with Crippen molar-refractivity contribution >= 4 is 17.9 Å². The summed E-state index contributed by atoms with van der Waals surface area (Å²) in [6.45, 7) is 0. The van der Waals surface area contributed by atoms with Gasteiger partial charge in [-0.25, -0.2) is 0 Å². The number of hydrogen-bond donors (Lipinski definition) is 0. The van der Waals surface area contributed by atoms with E-state index in [0.29, 0.717) is 6.20 Å². The van der Waals surface area contributed by atoms with Crippen LogP contribution in [0.4, 0.5) is 26.3 Å². The van der Waals surface area contributed by atoms with Gasteiger partial charge in [0, 0.05) is 11.8 Å². The summed E-state index contributed by atoms with van der Waals surface area (Å²) in [5.74, 6) is -2.26. The molecule has 0 unspecified atom stereocenters. The maximum absolute atomic E-state index is 12.7. The first kappa shape index (κ1) is 15.5. The minimum absolute atomic E-state index is 0.315. The molecule has 0 saturated carbocycles. The molecule has 1 rings (SSSR count). The molecule has 0 atom stereocenters. The molecule has 1 aromatic rings. The SMILES string of the molecule is O=Cc1ncc(CCl)c(OC(F)(F)F)c1C(F)(F)F. The number of aldehydes is 1. The second-order valence-electron chi connectivity index (χ2n) is 3.17. The maximum Gasteiger partial charge on any atom is 0.573 e. The Bertz CT molecular complexity index is 485. The third-order valence-electron chi connectivity index (χ3n) is 1.89. The Morgan fingerprint density at radius 2 is 1.84 bits per heavy atom. The average Bonchev–Trinajstić information content (AvgIpc) is 2.24. The summed E-state index contributed by atoms with van der Waals surface area (Å²) in [5, 5.41) is 0. The van der Waals surface area contributed by atoms with Gasteiger partial charge in [0.25, 0.3) is 0 Å². The Morgan fingerprint density at radius 3 is 2.21 bits per heavy atom. The molecule has 106 valence electrons. The number of rotatable bonds is 3. The number of carbonyl (C=O) groups is 1. The van der Waals surface area contributed by atoms with Gasteiger partial charge >= 0.3 is 12.5 Å². The molecule has 10 heteroatoms. The summed E-state index contributed by atoms with van der Waals surface area (Å²) in [6.07, 6.45) is -10.3. The van der Waals surface area contributed by atoms with Crippen LogP contribution in [0.25, 0.3) is 0 Å². The molecule has 0 N–H and O–H groups in total. The molecular formula is C9H4ClF6NO2. The summed E-state index contributed by atoms with van der Waals surface area (Å²) in [5.41, 5.74) is -3.74. The smallest absolute Gasteiger partial charge is 0.405 e. The van der Waals surface area contributed by atoms with Crippen molar-refractivity contribution in [3.05, 3.63) is 23.0 Å². The predicted octanol–water partition coefficient (Wildman–Crippen LogP) is 3.55. The molecule has 0 radical (unpaired) electrons. The quantitative estimate of drug-likeness (QED) is 0.487. The highest BCUT2D eigenvalue weighted by atomic mass is 35.5. The Morgan fingerprint density at radius 1 is 1.26 bits per heavy atom. The fraction of sp³-hybridized carbons (Fsp3) is 0.333. The summed E-state index contributed by atoms with van der Waals surface area (Å²) in [7, 11) is 0. The van der Waals surface area contributed by atoms with Crippen molar-refractivity contribution in [2.45, 2.75) is 18.4 Å². The Labute approximate surface area is 107 Å². The van der Waals surface area contributed by atoms with Gasteiger partial charge in [-0.05, 0) is 0 Å². The molecule has 0 fully saturated rings. The number of carbonyl (C=O) groups excluding carboxylic acids is 1. The van der Waals surface area contributed by atoms with E-state index in [0.717, 1.165) is 0 Å². The van der Waals surface area contributed by atoms with Gasteiger partial charge in [-0.3, -0.25) is 9.78 Å². The van der Waals surface area contributed by atoms with Crippen LogP contribution in [-0.2, 0) is 12.1 Å². The highest BCUT2D eigenvalue weighted by molar-refractivity contribution is 6.17. The van der Waals surface area contributed by atoms with Crippen molar-refractivity contribution in [3.8, 4) is 5.75 Å². The molecule has 0 aromatic carbocycles. The number of alkyl halides is 7. The molecule has 1 aromatic heterocycles. The zero-order valence-electron chi connectivity index (χ0n) is 8.77. The van der Waals surface area contributed by atoms with Crippen molar-refractivity contribution in [2.75, 3.05) is 0 Å². The van der Waals surface area contributed by atoms with Gasteiger partial charge in [0.1, 0.15) is 17.0 Å². The number of nitrogens with zero attached hydrogens (tertiary/aromatic N) is 1. The lowest BCUT2D eigenvalue weighted by molar-refractivity contribution is -0.276. The van der Waals surface area contributed by atoms with Gasteiger partial charge < -0.3 is 4.74 Å². The van der Waals surface area contributed by atoms with Gasteiger partial charge in [0.2, 0.25) is 0 Å². The largest absolute Gasteiger partial charge is 0.573 e. The standard InChI is InChI=1S/C9H4ClF6NO2/c10-1-4-2-17-5(3-18)6(8(11,12)13)7(4)19-9(14,15)16/h2-3H,1H2. The zero-order chi connectivity index (χ0) is 14.8. The van der Waals surface area contributed by atoms with Crippen LogP contribution in [0.3, 0.4) is 0 Å². The Balaban J connectivity index is 3.57. The van der Waals surface area contributed by atoms with Crippen LogP contribution in [-0.4, -0.2) is 17.6 Å². The van der Waals surface area contributed by atoms with E-state index >= 15 is 0 Å². The van der Waals surface area contributed by atoms with E-state index in [-0.39, 0.29) is 6.29 Å². The molecule has 0 aliphatic carbocycles. The number of ether oxygens (including phenoxy) is 1. The predicted molar refractivity (Wildman–Crippen MR) is 50.9 cm³/mol. The van der Waals surface area contributed by atoms with Gasteiger partial charge in [-0.1, -0.05) is 0 Å². The highest BCUT2D eigenvalue weighted by Crippen LogP contribution is 2.41. The van der Waals surface area contributed by atoms with Gasteiger partial charge in [-0.15, -0.1) is 24.8 Å². The second-order valence-corrected chi connectivity index (χ2v) is 3.44. The van der Waals surface area contributed by atoms with E-state index in [4.69, 9.17) is 11.6 Å². The first-order valence-corrected chi connectivity index (χ1v) is 4.99. The lowest BCUT2D eigenvalue weighted by atomic mass is 10.1. The molecule has 0 bridgehead atoms. The highest BCUT2D eigenvalue weighted by Gasteiger charge is 2.43. The Hall–Kier alpha value is -1.51. The second kappa shape index (κ2) is 5.24. The molecule has 0 spiro atoms. The molecule has 19 heavy (non-hydrogen) atoms. The van der Waals surface area contributed by atoms with Crippen LogP contribution >= 0.6 is 11.6 Å². The van der Waals surface area contributed by atoms with E-state index < -0.39 is 41.0 Å². The van der Waals surface area contributed by atoms with Crippen molar-refractivity contribution in [3.63, 3.8) is 0 Å². The van der Waals surface area contributed by atoms with Crippen molar-refractivity contribution in [1.29, 1.82) is 0 Å². The lowest BCUT2D eigenvalue weighted by Gasteiger charge is -2.18. The molecule has 0 aliphatic heterocycles. The van der Waals surface area contributed by atoms with Gasteiger partial charge in [0.05, 0.1) is 5.88 Å². The van der Waals surface area contributed by atoms with Crippen LogP contribution in [0.1, 0.15) is 21.6 Å². The summed E-state index contributed by atoms with van der Waals surface area (Å²) < 4.78 is 77.8. The fourth-order valence-corrected chi connectivity index (χ4v) is 1.43. The fourth-order valence-electron chi connectivity index (χ4n) is 1.24. The van der Waals surface area contributed by atoms with Crippen LogP contribution in [0.2, 0.25) is 0 Å². The monoisotopic (exact) mass is 307 g/mol. The summed E-state index contributed by atoms with van der Waals surface area (Å²) in [6, 6.07) is 0. The van der Waals surface area contributed by atoms with Gasteiger partial charge in [0.15, 0.2) is 6.29 Å². The molecule has 0 amide bonds. The van der Waals surface area contributed by atoms with Crippen molar-refractivity contribution in [2.24, 2.45) is 0 Å². The maximum atomic E-state index is 12.7. The molecule has 0 aliphatic rings. The summed E-state index contributed by atoms with van der Waals surface area (Å²) in [4.78, 5) is 13.6. The zero-order valence-corrected chi connectivity index (χ0v) is 9.53. The van der Waals surface area contributed by atoms with E-state index in [1.165, 1.54) is 0 Å². The van der Waals surface area contributed by atoms with Crippen LogP contribution in [0.15, 0.2) is 6.20 Å². The number of halogens is 7. The minimum Gasteiger partial charge on any atom is -0.405 e. The van der Waals surface area contributed by atoms with E-state index in [1.54, 1.807) is 0 Å². The van der Waals surface area contributed by atoms with E-state index in [2.05, 4.69) is 9.72 Å². The number of aromatic nitrogens is 1. The van der Waals surface area contributed by atoms with Crippen LogP contribution < -0.4 is 4.74 Å². The van der Waals surface area contributed by atoms with Gasteiger partial charge in [-0.2, -0.15) is 13.2 Å². The average molecular weight is 308 g/mol. The van der Waals surface area contributed by atoms with Crippen LogP contribution in [0.5, 0.6) is 5.75 Å².